The van der Waals surface area contributed by atoms with E-state index in [-0.39, 0.29) is 22.3 Å². The maximum Gasteiger partial charge on any atom is 0.227 e. The minimum Gasteiger partial charge on any atom is -0.381 e. The monoisotopic (exact) mass is 275 g/mol. The molecule has 1 aromatic heterocycles. The van der Waals surface area contributed by atoms with Crippen molar-refractivity contribution in [3.8, 4) is 0 Å². The Morgan fingerprint density at radius 3 is 2.76 bits per heavy atom. The molecule has 1 aromatic rings. The SMILES string of the molecule is O=C(Nc1cnc(Cl)nc1Cl)C1CCOCC1. The van der Waals surface area contributed by atoms with Gasteiger partial charge in [-0.3, -0.25) is 4.79 Å². The third-order valence-electron chi connectivity index (χ3n) is 2.56. The van der Waals surface area contributed by atoms with Gasteiger partial charge in [0.1, 0.15) is 0 Å². The van der Waals surface area contributed by atoms with Crippen molar-refractivity contribution in [3.63, 3.8) is 0 Å². The summed E-state index contributed by atoms with van der Waals surface area (Å²) in [5.41, 5.74) is 0.382. The molecule has 1 saturated heterocycles. The largest absolute Gasteiger partial charge is 0.381 e. The number of ether oxygens (including phenoxy) is 1. The molecule has 0 unspecified atom stereocenters. The number of carbonyl (C=O) groups is 1. The zero-order valence-corrected chi connectivity index (χ0v) is 10.5. The summed E-state index contributed by atoms with van der Waals surface area (Å²) in [4.78, 5) is 19.4. The molecule has 0 spiro atoms. The summed E-state index contributed by atoms with van der Waals surface area (Å²) in [6.07, 6.45) is 2.84. The van der Waals surface area contributed by atoms with Crippen LogP contribution >= 0.6 is 23.2 Å². The molecule has 1 amide bonds. The number of anilines is 1. The first-order valence-electron chi connectivity index (χ1n) is 5.23. The third-order valence-corrected chi connectivity index (χ3v) is 3.03. The van der Waals surface area contributed by atoms with Gasteiger partial charge in [0.2, 0.25) is 11.2 Å². The fourth-order valence-electron chi connectivity index (χ4n) is 1.62. The Morgan fingerprint density at radius 1 is 1.41 bits per heavy atom. The Bertz CT molecular complexity index is 422. The lowest BCUT2D eigenvalue weighted by molar-refractivity contribution is -0.122. The van der Waals surface area contributed by atoms with Crippen molar-refractivity contribution in [2.45, 2.75) is 12.8 Å². The second-order valence-corrected chi connectivity index (χ2v) is 4.42. The Balaban J connectivity index is 2.02. The van der Waals surface area contributed by atoms with Crippen LogP contribution in [0, 0.1) is 5.92 Å². The number of hydrogen-bond acceptors (Lipinski definition) is 4. The van der Waals surface area contributed by atoms with Crippen LogP contribution < -0.4 is 5.32 Å². The van der Waals surface area contributed by atoms with Gasteiger partial charge in [-0.05, 0) is 24.4 Å². The van der Waals surface area contributed by atoms with E-state index in [1.165, 1.54) is 6.20 Å². The van der Waals surface area contributed by atoms with Gasteiger partial charge in [0.05, 0.1) is 11.9 Å². The van der Waals surface area contributed by atoms with Gasteiger partial charge in [-0.2, -0.15) is 0 Å². The molecule has 0 aromatic carbocycles. The highest BCUT2D eigenvalue weighted by Crippen LogP contribution is 2.22. The van der Waals surface area contributed by atoms with Crippen LogP contribution in [0.5, 0.6) is 0 Å². The predicted octanol–water partition coefficient (Wildman–Crippen LogP) is 2.15. The van der Waals surface area contributed by atoms with E-state index in [2.05, 4.69) is 15.3 Å². The van der Waals surface area contributed by atoms with E-state index in [1.807, 2.05) is 0 Å². The Hall–Kier alpha value is -0.910. The highest BCUT2D eigenvalue weighted by atomic mass is 35.5. The summed E-state index contributed by atoms with van der Waals surface area (Å²) in [5, 5.41) is 2.90. The number of carbonyl (C=O) groups excluding carboxylic acids is 1. The zero-order valence-electron chi connectivity index (χ0n) is 8.95. The number of nitrogens with zero attached hydrogens (tertiary/aromatic N) is 2. The van der Waals surface area contributed by atoms with Crippen molar-refractivity contribution in [1.82, 2.24) is 9.97 Å². The first-order valence-corrected chi connectivity index (χ1v) is 5.99. The summed E-state index contributed by atoms with van der Waals surface area (Å²) in [6.45, 7) is 1.23. The van der Waals surface area contributed by atoms with Gasteiger partial charge in [0.25, 0.3) is 0 Å². The molecule has 2 heterocycles. The van der Waals surface area contributed by atoms with Crippen molar-refractivity contribution in [1.29, 1.82) is 0 Å². The molecule has 2 rings (SSSR count). The summed E-state index contributed by atoms with van der Waals surface area (Å²) in [5.74, 6) is -0.128. The van der Waals surface area contributed by atoms with Crippen LogP contribution in [0.15, 0.2) is 6.20 Å². The molecule has 17 heavy (non-hydrogen) atoms. The summed E-state index contributed by atoms with van der Waals surface area (Å²) in [7, 11) is 0. The lowest BCUT2D eigenvalue weighted by Crippen LogP contribution is -2.28. The van der Waals surface area contributed by atoms with E-state index in [0.29, 0.717) is 18.9 Å². The number of hydrogen-bond donors (Lipinski definition) is 1. The number of nitrogens with one attached hydrogen (secondary N) is 1. The third kappa shape index (κ3) is 3.28. The number of amides is 1. The zero-order chi connectivity index (χ0) is 12.3. The Morgan fingerprint density at radius 2 is 2.12 bits per heavy atom. The van der Waals surface area contributed by atoms with Gasteiger partial charge >= 0.3 is 0 Å². The van der Waals surface area contributed by atoms with Crippen molar-refractivity contribution >= 4 is 34.8 Å². The minimum atomic E-state index is -0.0823. The molecule has 1 aliphatic heterocycles. The molecule has 92 valence electrons. The second kappa shape index (κ2) is 5.62. The average molecular weight is 276 g/mol. The number of rotatable bonds is 2. The standard InChI is InChI=1S/C10H11Cl2N3O2/c11-8-7(5-13-10(12)15-8)14-9(16)6-1-3-17-4-2-6/h5-6H,1-4H2,(H,14,16). The number of halogens is 2. The molecule has 7 heteroatoms. The maximum absolute atomic E-state index is 11.9. The molecule has 0 atom stereocenters. The molecule has 1 aliphatic rings. The molecule has 1 N–H and O–H groups in total. The van der Waals surface area contributed by atoms with Crippen LogP contribution in [0.3, 0.4) is 0 Å². The first kappa shape index (κ1) is 12.5. The van der Waals surface area contributed by atoms with Gasteiger partial charge in [0, 0.05) is 19.1 Å². The van der Waals surface area contributed by atoms with Crippen LogP contribution in [0.2, 0.25) is 10.4 Å². The summed E-state index contributed by atoms with van der Waals surface area (Å²) in [6, 6.07) is 0. The van der Waals surface area contributed by atoms with Crippen molar-refractivity contribution < 1.29 is 9.53 Å². The molecule has 0 saturated carbocycles. The van der Waals surface area contributed by atoms with Gasteiger partial charge in [-0.15, -0.1) is 0 Å². The van der Waals surface area contributed by atoms with Gasteiger partial charge in [-0.25, -0.2) is 9.97 Å². The normalized spacial score (nSPS) is 16.8. The fourth-order valence-corrected chi connectivity index (χ4v) is 1.97. The van der Waals surface area contributed by atoms with Crippen LogP contribution in [0.1, 0.15) is 12.8 Å². The molecular formula is C10H11Cl2N3O2. The Labute approximate surface area is 108 Å². The average Bonchev–Trinajstić information content (AvgIpc) is 2.34. The lowest BCUT2D eigenvalue weighted by Gasteiger charge is -2.21. The summed E-state index contributed by atoms with van der Waals surface area (Å²) >= 11 is 11.4. The molecule has 1 fully saturated rings. The van der Waals surface area contributed by atoms with Gasteiger partial charge in [0.15, 0.2) is 5.15 Å². The summed E-state index contributed by atoms with van der Waals surface area (Å²) < 4.78 is 5.19. The van der Waals surface area contributed by atoms with Gasteiger partial charge < -0.3 is 10.1 Å². The van der Waals surface area contributed by atoms with Crippen LogP contribution in [0.4, 0.5) is 5.69 Å². The second-order valence-electron chi connectivity index (χ2n) is 3.72. The topological polar surface area (TPSA) is 64.1 Å². The smallest absolute Gasteiger partial charge is 0.227 e. The highest BCUT2D eigenvalue weighted by molar-refractivity contribution is 6.34. The predicted molar refractivity (Wildman–Crippen MR) is 64.2 cm³/mol. The van der Waals surface area contributed by atoms with E-state index in [0.717, 1.165) is 12.8 Å². The lowest BCUT2D eigenvalue weighted by atomic mass is 9.99. The quantitative estimate of drug-likeness (QED) is 0.664. The van der Waals surface area contributed by atoms with Crippen molar-refractivity contribution in [2.75, 3.05) is 18.5 Å². The first-order chi connectivity index (χ1) is 8.16. The molecule has 0 aliphatic carbocycles. The molecule has 5 nitrogen and oxygen atoms in total. The fraction of sp³-hybridized carbons (Fsp3) is 0.500. The molecular weight excluding hydrogens is 265 g/mol. The van der Waals surface area contributed by atoms with E-state index in [4.69, 9.17) is 27.9 Å². The van der Waals surface area contributed by atoms with Crippen LogP contribution in [0.25, 0.3) is 0 Å². The van der Waals surface area contributed by atoms with E-state index >= 15 is 0 Å². The minimum absolute atomic E-state index is 0.0458. The van der Waals surface area contributed by atoms with Crippen molar-refractivity contribution in [3.05, 3.63) is 16.6 Å². The maximum atomic E-state index is 11.9. The van der Waals surface area contributed by atoms with Crippen LogP contribution in [-0.4, -0.2) is 29.1 Å². The van der Waals surface area contributed by atoms with Crippen molar-refractivity contribution in [2.24, 2.45) is 5.92 Å². The number of aromatic nitrogens is 2. The van der Waals surface area contributed by atoms with E-state index in [1.54, 1.807) is 0 Å². The Kier molecular flexibility index (Phi) is 4.15. The van der Waals surface area contributed by atoms with Gasteiger partial charge in [-0.1, -0.05) is 11.6 Å². The highest BCUT2D eigenvalue weighted by Gasteiger charge is 2.22. The molecule has 0 bridgehead atoms. The molecule has 0 radical (unpaired) electrons. The van der Waals surface area contributed by atoms with Crippen LogP contribution in [-0.2, 0) is 9.53 Å². The van der Waals surface area contributed by atoms with E-state index in [9.17, 15) is 4.79 Å². The van der Waals surface area contributed by atoms with E-state index < -0.39 is 0 Å².